The number of ether oxygens (including phenoxy) is 1. The summed E-state index contributed by atoms with van der Waals surface area (Å²) < 4.78 is 43.3. The molecule has 0 amide bonds. The van der Waals surface area contributed by atoms with Crippen LogP contribution < -0.4 is 10.3 Å². The molecule has 4 rings (SSSR count). The average molecular weight is 431 g/mol. The molecule has 4 aromatic rings. The number of alkyl halides is 3. The first-order chi connectivity index (χ1) is 14.7. The third-order valence-electron chi connectivity index (χ3n) is 4.34. The van der Waals surface area contributed by atoms with Crippen LogP contribution in [0.1, 0.15) is 5.56 Å². The van der Waals surface area contributed by atoms with E-state index in [1.54, 1.807) is 6.07 Å². The van der Waals surface area contributed by atoms with Gasteiger partial charge in [-0.3, -0.25) is 14.2 Å². The summed E-state index contributed by atoms with van der Waals surface area (Å²) in [5, 5.41) is 10.9. The summed E-state index contributed by atoms with van der Waals surface area (Å²) in [7, 11) is 0. The maximum absolute atomic E-state index is 12.6. The van der Waals surface area contributed by atoms with Crippen LogP contribution in [0.4, 0.5) is 19.0 Å². The number of hydrogen-bond acceptors (Lipinski definition) is 6. The highest BCUT2D eigenvalue weighted by atomic mass is 19.4. The van der Waals surface area contributed by atoms with E-state index in [1.807, 2.05) is 0 Å². The van der Waals surface area contributed by atoms with Crippen molar-refractivity contribution in [3.8, 4) is 16.9 Å². The van der Waals surface area contributed by atoms with Gasteiger partial charge in [0.05, 0.1) is 6.54 Å². The van der Waals surface area contributed by atoms with Gasteiger partial charge in [-0.15, -0.1) is 13.2 Å². The molecule has 1 aromatic carbocycles. The molecule has 0 saturated heterocycles. The number of benzene rings is 1. The lowest BCUT2D eigenvalue weighted by molar-refractivity contribution is -0.389. The summed E-state index contributed by atoms with van der Waals surface area (Å²) in [4.78, 5) is 30.6. The van der Waals surface area contributed by atoms with E-state index in [1.165, 1.54) is 58.0 Å². The molecule has 31 heavy (non-hydrogen) atoms. The first-order valence-corrected chi connectivity index (χ1v) is 8.72. The van der Waals surface area contributed by atoms with Crippen LogP contribution in [0.3, 0.4) is 0 Å². The van der Waals surface area contributed by atoms with Gasteiger partial charge in [0.1, 0.15) is 11.9 Å². The lowest BCUT2D eigenvalue weighted by Gasteiger charge is -2.10. The van der Waals surface area contributed by atoms with Gasteiger partial charge in [-0.1, -0.05) is 12.1 Å². The van der Waals surface area contributed by atoms with Gasteiger partial charge in [0.2, 0.25) is 0 Å². The molecule has 0 unspecified atom stereocenters. The van der Waals surface area contributed by atoms with Crippen molar-refractivity contribution in [1.82, 2.24) is 18.9 Å². The van der Waals surface area contributed by atoms with Gasteiger partial charge in [0.15, 0.2) is 0 Å². The zero-order valence-corrected chi connectivity index (χ0v) is 15.5. The largest absolute Gasteiger partial charge is 0.573 e. The summed E-state index contributed by atoms with van der Waals surface area (Å²) in [6.07, 6.45) is 2.40. The summed E-state index contributed by atoms with van der Waals surface area (Å²) in [6, 6.07) is 7.04. The van der Waals surface area contributed by atoms with Crippen molar-refractivity contribution in [3.05, 3.63) is 87.3 Å². The van der Waals surface area contributed by atoms with E-state index in [-0.39, 0.29) is 17.9 Å². The molecule has 0 spiro atoms. The molecule has 0 aliphatic carbocycles. The summed E-state index contributed by atoms with van der Waals surface area (Å²) >= 11 is 0. The maximum Gasteiger partial charge on any atom is 0.573 e. The molecular formula is C19H12F3N5O4. The molecule has 9 nitrogen and oxygen atoms in total. The van der Waals surface area contributed by atoms with Crippen LogP contribution >= 0.6 is 0 Å². The van der Waals surface area contributed by atoms with Crippen molar-refractivity contribution in [3.63, 3.8) is 0 Å². The van der Waals surface area contributed by atoms with Crippen molar-refractivity contribution >= 4 is 11.5 Å². The van der Waals surface area contributed by atoms with E-state index in [2.05, 4.69) is 14.7 Å². The fraction of sp³-hybridized carbons (Fsp3) is 0.105. The minimum atomic E-state index is -4.77. The van der Waals surface area contributed by atoms with Crippen LogP contribution in [0, 0.1) is 10.1 Å². The number of fused-ring (bicyclic) bond motifs is 1. The monoisotopic (exact) mass is 431 g/mol. The van der Waals surface area contributed by atoms with Crippen LogP contribution in [-0.4, -0.2) is 30.2 Å². The Hall–Kier alpha value is -4.22. The molecule has 0 radical (unpaired) electrons. The van der Waals surface area contributed by atoms with Crippen LogP contribution in [0.25, 0.3) is 16.8 Å². The second kappa shape index (κ2) is 7.55. The average Bonchev–Trinajstić information content (AvgIpc) is 3.15. The number of imidazole rings is 1. The lowest BCUT2D eigenvalue weighted by atomic mass is 10.1. The fourth-order valence-corrected chi connectivity index (χ4v) is 2.99. The molecule has 158 valence electrons. The summed E-state index contributed by atoms with van der Waals surface area (Å²) in [5.74, 6) is -0.773. The Balaban J connectivity index is 1.60. The molecule has 0 fully saturated rings. The Morgan fingerprint density at radius 3 is 2.52 bits per heavy atom. The smallest absolute Gasteiger partial charge is 0.406 e. The van der Waals surface area contributed by atoms with Crippen LogP contribution in [0.2, 0.25) is 0 Å². The molecular weight excluding hydrogens is 419 g/mol. The topological polar surface area (TPSA) is 105 Å². The SMILES string of the molecule is O=c1c2nc([N+](=O)[O-])cn2ccn1Cc1cncc(-c2ccc(OC(F)(F)F)cc2)c1. The van der Waals surface area contributed by atoms with Gasteiger partial charge in [-0.05, 0) is 39.2 Å². The first-order valence-electron chi connectivity index (χ1n) is 8.72. The minimum absolute atomic E-state index is 0.0847. The predicted molar refractivity (Wildman–Crippen MR) is 102 cm³/mol. The van der Waals surface area contributed by atoms with Gasteiger partial charge in [0.25, 0.3) is 0 Å². The number of nitro groups is 1. The number of rotatable bonds is 5. The van der Waals surface area contributed by atoms with E-state index < -0.39 is 22.7 Å². The zero-order chi connectivity index (χ0) is 22.2. The lowest BCUT2D eigenvalue weighted by Crippen LogP contribution is -2.22. The molecule has 12 heteroatoms. The van der Waals surface area contributed by atoms with Crippen molar-refractivity contribution in [2.24, 2.45) is 0 Å². The van der Waals surface area contributed by atoms with Crippen molar-refractivity contribution < 1.29 is 22.8 Å². The van der Waals surface area contributed by atoms with Gasteiger partial charge < -0.3 is 19.4 Å². The Labute approximate surface area is 171 Å². The third kappa shape index (κ3) is 4.37. The second-order valence-corrected chi connectivity index (χ2v) is 6.47. The fourth-order valence-electron chi connectivity index (χ4n) is 2.99. The summed E-state index contributed by atoms with van der Waals surface area (Å²) in [5.41, 5.74) is 1.27. The van der Waals surface area contributed by atoms with Gasteiger partial charge in [-0.25, -0.2) is 0 Å². The maximum atomic E-state index is 12.6. The summed E-state index contributed by atoms with van der Waals surface area (Å²) in [6.45, 7) is 0.117. The Bertz CT molecular complexity index is 1330. The Morgan fingerprint density at radius 2 is 1.84 bits per heavy atom. The molecule has 0 atom stereocenters. The van der Waals surface area contributed by atoms with E-state index >= 15 is 0 Å². The quantitative estimate of drug-likeness (QED) is 0.354. The number of aromatic nitrogens is 4. The van der Waals surface area contributed by atoms with Gasteiger partial charge in [0, 0.05) is 30.4 Å². The molecule has 0 saturated carbocycles. The molecule has 3 heterocycles. The first kappa shape index (κ1) is 20.1. The molecule has 3 aromatic heterocycles. The highest BCUT2D eigenvalue weighted by Crippen LogP contribution is 2.26. The Morgan fingerprint density at radius 1 is 1.10 bits per heavy atom. The minimum Gasteiger partial charge on any atom is -0.406 e. The number of pyridine rings is 1. The highest BCUT2D eigenvalue weighted by molar-refractivity contribution is 5.63. The van der Waals surface area contributed by atoms with Crippen LogP contribution in [-0.2, 0) is 6.54 Å². The van der Waals surface area contributed by atoms with E-state index in [9.17, 15) is 28.1 Å². The highest BCUT2D eigenvalue weighted by Gasteiger charge is 2.31. The van der Waals surface area contributed by atoms with Crippen molar-refractivity contribution in [1.29, 1.82) is 0 Å². The van der Waals surface area contributed by atoms with E-state index in [0.29, 0.717) is 16.7 Å². The molecule has 0 aliphatic heterocycles. The van der Waals surface area contributed by atoms with Crippen molar-refractivity contribution in [2.75, 3.05) is 0 Å². The normalized spacial score (nSPS) is 11.6. The second-order valence-electron chi connectivity index (χ2n) is 6.47. The molecule has 0 N–H and O–H groups in total. The van der Waals surface area contributed by atoms with Crippen molar-refractivity contribution in [2.45, 2.75) is 12.9 Å². The number of hydrogen-bond donors (Lipinski definition) is 0. The van der Waals surface area contributed by atoms with Gasteiger partial charge >= 0.3 is 23.4 Å². The Kier molecular flexibility index (Phi) is 4.89. The third-order valence-corrected chi connectivity index (χ3v) is 4.34. The van der Waals surface area contributed by atoms with Gasteiger partial charge in [-0.2, -0.15) is 0 Å². The molecule has 0 bridgehead atoms. The van der Waals surface area contributed by atoms with Crippen LogP contribution in [0.5, 0.6) is 5.75 Å². The predicted octanol–water partition coefficient (Wildman–Crippen LogP) is 3.41. The van der Waals surface area contributed by atoms with Crippen LogP contribution in [0.15, 0.2) is 66.1 Å². The van der Waals surface area contributed by atoms with E-state index in [4.69, 9.17) is 0 Å². The number of nitrogens with zero attached hydrogens (tertiary/aromatic N) is 5. The molecule has 0 aliphatic rings. The standard InChI is InChI=1S/C19H12F3N5O4/c20-19(21,22)31-15-3-1-13(2-4-15)14-7-12(8-23-9-14)10-26-6-5-25-11-16(27(29)30)24-17(25)18(26)28/h1-9,11H,10H2. The number of halogens is 3. The van der Waals surface area contributed by atoms with E-state index in [0.717, 1.165) is 6.20 Å². The zero-order valence-electron chi connectivity index (χ0n) is 15.5.